The zero-order valence-corrected chi connectivity index (χ0v) is 7.97. The van der Waals surface area contributed by atoms with Crippen molar-refractivity contribution < 1.29 is 17.9 Å². The van der Waals surface area contributed by atoms with Crippen molar-refractivity contribution in [2.75, 3.05) is 6.61 Å². The van der Waals surface area contributed by atoms with Crippen LogP contribution in [0.2, 0.25) is 0 Å². The van der Waals surface area contributed by atoms with Gasteiger partial charge in [0.05, 0.1) is 6.61 Å². The average Bonchev–Trinajstić information content (AvgIpc) is 2.97. The van der Waals surface area contributed by atoms with E-state index in [0.29, 0.717) is 18.6 Å². The second kappa shape index (κ2) is 4.08. The number of nitrogens with zero attached hydrogens (tertiary/aromatic N) is 1. The molecule has 0 aliphatic heterocycles. The second-order valence-electron chi connectivity index (χ2n) is 3.63. The monoisotopic (exact) mass is 217 g/mol. The Morgan fingerprint density at radius 3 is 2.67 bits per heavy atom. The molecule has 1 aromatic rings. The molecule has 0 N–H and O–H groups in total. The summed E-state index contributed by atoms with van der Waals surface area (Å²) in [7, 11) is 0. The first kappa shape index (κ1) is 10.3. The van der Waals surface area contributed by atoms with E-state index < -0.39 is 23.5 Å². The second-order valence-corrected chi connectivity index (χ2v) is 3.63. The lowest BCUT2D eigenvalue weighted by Crippen LogP contribution is -2.04. The largest absolute Gasteiger partial charge is 0.476 e. The van der Waals surface area contributed by atoms with Crippen LogP contribution >= 0.6 is 0 Å². The number of aromatic nitrogens is 1. The molecular formula is C10H10F3NO. The highest BCUT2D eigenvalue weighted by Crippen LogP contribution is 2.32. The highest BCUT2D eigenvalue weighted by atomic mass is 19.2. The average molecular weight is 217 g/mol. The molecule has 15 heavy (non-hydrogen) atoms. The van der Waals surface area contributed by atoms with Gasteiger partial charge in [-0.1, -0.05) is 12.8 Å². The van der Waals surface area contributed by atoms with E-state index in [1.807, 2.05) is 0 Å². The van der Waals surface area contributed by atoms with Crippen LogP contribution in [0, 0.1) is 23.5 Å². The zero-order valence-electron chi connectivity index (χ0n) is 7.97. The fourth-order valence-electron chi connectivity index (χ4n) is 1.26. The van der Waals surface area contributed by atoms with Gasteiger partial charge in [0.25, 0.3) is 11.8 Å². The Hall–Kier alpha value is -1.26. The molecule has 0 aromatic carbocycles. The molecule has 1 fully saturated rings. The van der Waals surface area contributed by atoms with E-state index in [4.69, 9.17) is 4.74 Å². The standard InChI is InChI=1S/C10H10F3NO/c11-7-5-8(12)10(14-9(7)13)15-4-3-6-1-2-6/h5-6H,1-4H2. The summed E-state index contributed by atoms with van der Waals surface area (Å²) in [5.41, 5.74) is 0. The Labute approximate surface area is 85.1 Å². The summed E-state index contributed by atoms with van der Waals surface area (Å²) in [5, 5.41) is 0. The molecule has 0 amide bonds. The highest BCUT2D eigenvalue weighted by Gasteiger charge is 2.21. The van der Waals surface area contributed by atoms with Crippen molar-refractivity contribution in [2.45, 2.75) is 19.3 Å². The highest BCUT2D eigenvalue weighted by molar-refractivity contribution is 5.15. The van der Waals surface area contributed by atoms with E-state index in [1.54, 1.807) is 0 Å². The van der Waals surface area contributed by atoms with Crippen molar-refractivity contribution in [3.8, 4) is 5.88 Å². The van der Waals surface area contributed by atoms with Gasteiger partial charge >= 0.3 is 0 Å². The Balaban J connectivity index is 1.96. The topological polar surface area (TPSA) is 22.1 Å². The predicted octanol–water partition coefficient (Wildman–Crippen LogP) is 2.68. The summed E-state index contributed by atoms with van der Waals surface area (Å²) in [6.07, 6.45) is 3.13. The van der Waals surface area contributed by atoms with Gasteiger partial charge in [-0.2, -0.15) is 9.37 Å². The lowest BCUT2D eigenvalue weighted by Gasteiger charge is -2.05. The molecule has 2 rings (SSSR count). The predicted molar refractivity (Wildman–Crippen MR) is 46.9 cm³/mol. The lowest BCUT2D eigenvalue weighted by atomic mass is 10.3. The Morgan fingerprint density at radius 2 is 2.00 bits per heavy atom. The van der Waals surface area contributed by atoms with Gasteiger partial charge in [-0.15, -0.1) is 0 Å². The van der Waals surface area contributed by atoms with Gasteiger partial charge in [-0.3, -0.25) is 0 Å². The van der Waals surface area contributed by atoms with Crippen molar-refractivity contribution in [2.24, 2.45) is 5.92 Å². The molecule has 1 heterocycles. The third-order valence-corrected chi connectivity index (χ3v) is 2.32. The van der Waals surface area contributed by atoms with E-state index >= 15 is 0 Å². The fraction of sp³-hybridized carbons (Fsp3) is 0.500. The minimum absolute atomic E-state index is 0.291. The molecule has 1 aliphatic carbocycles. The number of halogens is 3. The smallest absolute Gasteiger partial charge is 0.253 e. The van der Waals surface area contributed by atoms with Crippen LogP contribution in [0.5, 0.6) is 5.88 Å². The van der Waals surface area contributed by atoms with Crippen LogP contribution in [0.3, 0.4) is 0 Å². The van der Waals surface area contributed by atoms with Crippen LogP contribution < -0.4 is 4.74 Å². The molecule has 1 saturated carbocycles. The third kappa shape index (κ3) is 2.61. The van der Waals surface area contributed by atoms with Crippen molar-refractivity contribution in [3.63, 3.8) is 0 Å². The third-order valence-electron chi connectivity index (χ3n) is 2.32. The molecule has 0 unspecified atom stereocenters. The molecular weight excluding hydrogens is 207 g/mol. The summed E-state index contributed by atoms with van der Waals surface area (Å²) >= 11 is 0. The van der Waals surface area contributed by atoms with Gasteiger partial charge in [0.2, 0.25) is 0 Å². The van der Waals surface area contributed by atoms with Crippen LogP contribution in [-0.4, -0.2) is 11.6 Å². The molecule has 82 valence electrons. The summed E-state index contributed by atoms with van der Waals surface area (Å²) in [6, 6.07) is 0.439. The molecule has 2 nitrogen and oxygen atoms in total. The molecule has 5 heteroatoms. The molecule has 0 radical (unpaired) electrons. The maximum Gasteiger partial charge on any atom is 0.253 e. The summed E-state index contributed by atoms with van der Waals surface area (Å²) < 4.78 is 43.0. The first-order valence-corrected chi connectivity index (χ1v) is 4.81. The van der Waals surface area contributed by atoms with Crippen molar-refractivity contribution in [1.29, 1.82) is 0 Å². The van der Waals surface area contributed by atoms with Crippen LogP contribution in [0.1, 0.15) is 19.3 Å². The minimum Gasteiger partial charge on any atom is -0.476 e. The first-order chi connectivity index (χ1) is 7.16. The van der Waals surface area contributed by atoms with Gasteiger partial charge < -0.3 is 4.74 Å². The van der Waals surface area contributed by atoms with E-state index in [2.05, 4.69) is 4.98 Å². The maximum atomic E-state index is 13.0. The molecule has 1 aromatic heterocycles. The van der Waals surface area contributed by atoms with E-state index in [1.165, 1.54) is 0 Å². The molecule has 0 spiro atoms. The number of rotatable bonds is 4. The van der Waals surface area contributed by atoms with Gasteiger partial charge in [0, 0.05) is 6.07 Å². The number of ether oxygens (including phenoxy) is 1. The number of hydrogen-bond donors (Lipinski definition) is 0. The van der Waals surface area contributed by atoms with Crippen molar-refractivity contribution in [3.05, 3.63) is 23.6 Å². The summed E-state index contributed by atoms with van der Waals surface area (Å²) in [4.78, 5) is 3.05. The summed E-state index contributed by atoms with van der Waals surface area (Å²) in [6.45, 7) is 0.291. The van der Waals surface area contributed by atoms with E-state index in [0.717, 1.165) is 19.3 Å². The van der Waals surface area contributed by atoms with Gasteiger partial charge in [-0.05, 0) is 12.3 Å². The lowest BCUT2D eigenvalue weighted by molar-refractivity contribution is 0.268. The van der Waals surface area contributed by atoms with Gasteiger partial charge in [0.1, 0.15) is 0 Å². The fourth-order valence-corrected chi connectivity index (χ4v) is 1.26. The Bertz CT molecular complexity index is 366. The summed E-state index contributed by atoms with van der Waals surface area (Å²) in [5.74, 6) is -3.43. The number of hydrogen-bond acceptors (Lipinski definition) is 2. The maximum absolute atomic E-state index is 13.0. The van der Waals surface area contributed by atoms with Crippen LogP contribution in [0.25, 0.3) is 0 Å². The van der Waals surface area contributed by atoms with Crippen LogP contribution in [0.4, 0.5) is 13.2 Å². The first-order valence-electron chi connectivity index (χ1n) is 4.81. The number of pyridine rings is 1. The quantitative estimate of drug-likeness (QED) is 0.723. The minimum atomic E-state index is -1.34. The molecule has 0 saturated heterocycles. The Morgan fingerprint density at radius 1 is 1.27 bits per heavy atom. The van der Waals surface area contributed by atoms with E-state index in [-0.39, 0.29) is 0 Å². The molecule has 0 atom stereocenters. The zero-order chi connectivity index (χ0) is 10.8. The SMILES string of the molecule is Fc1cc(F)c(OCCC2CC2)nc1F. The molecule has 0 bridgehead atoms. The van der Waals surface area contributed by atoms with Gasteiger partial charge in [0.15, 0.2) is 11.6 Å². The van der Waals surface area contributed by atoms with Crippen molar-refractivity contribution in [1.82, 2.24) is 4.98 Å². The normalized spacial score (nSPS) is 15.4. The Kier molecular flexibility index (Phi) is 2.79. The van der Waals surface area contributed by atoms with Gasteiger partial charge in [-0.25, -0.2) is 8.78 Å². The van der Waals surface area contributed by atoms with Crippen molar-refractivity contribution >= 4 is 0 Å². The van der Waals surface area contributed by atoms with E-state index in [9.17, 15) is 13.2 Å². The molecule has 1 aliphatic rings. The van der Waals surface area contributed by atoms with Crippen LogP contribution in [0.15, 0.2) is 6.07 Å². The van der Waals surface area contributed by atoms with Crippen LogP contribution in [-0.2, 0) is 0 Å².